The Morgan fingerprint density at radius 1 is 1.47 bits per heavy atom. The standard InChI is InChI=1S/C14H16N2O3/c1-9-7-13(18-9)15-14(17)12-8-11(16-19-12)10-5-3-2-4-6-10/h3,5-6,8-9,13H,2,4,7H2,1H3,(H,15,17)/t9-,13-/m1/s1. The van der Waals surface area contributed by atoms with Crippen molar-refractivity contribution in [3.63, 3.8) is 0 Å². The maximum atomic E-state index is 11.9. The predicted octanol–water partition coefficient (Wildman–Crippen LogP) is 2.27. The number of amides is 1. The Balaban J connectivity index is 1.65. The van der Waals surface area contributed by atoms with Gasteiger partial charge in [0.05, 0.1) is 6.10 Å². The van der Waals surface area contributed by atoms with Gasteiger partial charge >= 0.3 is 0 Å². The van der Waals surface area contributed by atoms with Crippen molar-refractivity contribution in [1.82, 2.24) is 10.5 Å². The summed E-state index contributed by atoms with van der Waals surface area (Å²) in [5.74, 6) is -0.0611. The van der Waals surface area contributed by atoms with Crippen molar-refractivity contribution in [2.45, 2.75) is 38.5 Å². The van der Waals surface area contributed by atoms with Crippen LogP contribution in [0.25, 0.3) is 5.57 Å². The number of aromatic nitrogens is 1. The lowest BCUT2D eigenvalue weighted by molar-refractivity contribution is -0.124. The summed E-state index contributed by atoms with van der Waals surface area (Å²) in [6, 6.07) is 1.67. The maximum Gasteiger partial charge on any atom is 0.291 e. The van der Waals surface area contributed by atoms with Crippen LogP contribution < -0.4 is 5.32 Å². The lowest BCUT2D eigenvalue weighted by Gasteiger charge is -2.33. The second kappa shape index (κ2) is 5.01. The molecule has 1 N–H and O–H groups in total. The number of hydrogen-bond donors (Lipinski definition) is 1. The first-order valence-corrected chi connectivity index (χ1v) is 6.52. The normalized spacial score (nSPS) is 25.6. The highest BCUT2D eigenvalue weighted by Gasteiger charge is 2.29. The molecule has 0 radical (unpaired) electrons. The van der Waals surface area contributed by atoms with E-state index in [2.05, 4.69) is 22.6 Å². The van der Waals surface area contributed by atoms with Crippen molar-refractivity contribution < 1.29 is 14.1 Å². The van der Waals surface area contributed by atoms with Crippen LogP contribution in [0, 0.1) is 0 Å². The van der Waals surface area contributed by atoms with Crippen LogP contribution in [0.5, 0.6) is 0 Å². The number of carbonyl (C=O) groups excluding carboxylic acids is 1. The molecular weight excluding hydrogens is 244 g/mol. The second-order valence-electron chi connectivity index (χ2n) is 4.86. The molecule has 100 valence electrons. The van der Waals surface area contributed by atoms with E-state index in [0.717, 1.165) is 24.8 Å². The van der Waals surface area contributed by atoms with E-state index in [-0.39, 0.29) is 24.0 Å². The van der Waals surface area contributed by atoms with Crippen LogP contribution >= 0.6 is 0 Å². The third-order valence-corrected chi connectivity index (χ3v) is 3.26. The van der Waals surface area contributed by atoms with Gasteiger partial charge in [-0.05, 0) is 25.3 Å². The Labute approximate surface area is 111 Å². The molecule has 5 nitrogen and oxygen atoms in total. The van der Waals surface area contributed by atoms with Crippen LogP contribution in [0.4, 0.5) is 0 Å². The molecule has 0 bridgehead atoms. The highest BCUT2D eigenvalue weighted by molar-refractivity contribution is 5.92. The molecule has 0 aromatic carbocycles. The highest BCUT2D eigenvalue weighted by atomic mass is 16.5. The zero-order valence-electron chi connectivity index (χ0n) is 10.8. The summed E-state index contributed by atoms with van der Waals surface area (Å²) in [6.07, 6.45) is 9.07. The molecule has 1 saturated heterocycles. The number of rotatable bonds is 3. The molecule has 1 fully saturated rings. The molecule has 2 atom stereocenters. The summed E-state index contributed by atoms with van der Waals surface area (Å²) in [7, 11) is 0. The summed E-state index contributed by atoms with van der Waals surface area (Å²) < 4.78 is 10.4. The number of nitrogens with zero attached hydrogens (tertiary/aromatic N) is 1. The van der Waals surface area contributed by atoms with Gasteiger partial charge in [0.2, 0.25) is 5.76 Å². The summed E-state index contributed by atoms with van der Waals surface area (Å²) in [6.45, 7) is 1.97. The van der Waals surface area contributed by atoms with Gasteiger partial charge in [0.15, 0.2) is 0 Å². The van der Waals surface area contributed by atoms with E-state index in [4.69, 9.17) is 9.26 Å². The van der Waals surface area contributed by atoms with E-state index in [0.29, 0.717) is 5.69 Å². The summed E-state index contributed by atoms with van der Waals surface area (Å²) in [5.41, 5.74) is 1.70. The lowest BCUT2D eigenvalue weighted by atomic mass is 10.0. The van der Waals surface area contributed by atoms with E-state index >= 15 is 0 Å². The first kappa shape index (κ1) is 12.2. The van der Waals surface area contributed by atoms with Crippen molar-refractivity contribution in [3.05, 3.63) is 35.7 Å². The molecule has 0 spiro atoms. The van der Waals surface area contributed by atoms with Gasteiger partial charge < -0.3 is 14.6 Å². The third kappa shape index (κ3) is 2.61. The first-order valence-electron chi connectivity index (χ1n) is 6.52. The SMILES string of the molecule is C[C@@H]1C[C@H](NC(=O)c2cc(C3=CCCC=C3)no2)O1. The molecule has 0 saturated carbocycles. The Kier molecular flexibility index (Phi) is 3.21. The van der Waals surface area contributed by atoms with Crippen LogP contribution in [-0.2, 0) is 4.74 Å². The number of allylic oxidation sites excluding steroid dienone is 4. The maximum absolute atomic E-state index is 11.9. The number of ether oxygens (including phenoxy) is 1. The quantitative estimate of drug-likeness (QED) is 0.905. The zero-order chi connectivity index (χ0) is 13.2. The van der Waals surface area contributed by atoms with Gasteiger partial charge in [-0.2, -0.15) is 0 Å². The molecule has 1 amide bonds. The molecule has 3 rings (SSSR count). The van der Waals surface area contributed by atoms with E-state index in [1.54, 1.807) is 6.07 Å². The van der Waals surface area contributed by atoms with Gasteiger partial charge in [-0.25, -0.2) is 0 Å². The number of nitrogens with one attached hydrogen (secondary N) is 1. The summed E-state index contributed by atoms with van der Waals surface area (Å²) in [4.78, 5) is 11.9. The topological polar surface area (TPSA) is 64.4 Å². The molecule has 5 heteroatoms. The third-order valence-electron chi connectivity index (χ3n) is 3.26. The molecule has 1 aromatic heterocycles. The average molecular weight is 260 g/mol. The molecule has 1 aliphatic heterocycles. The molecular formula is C14H16N2O3. The van der Waals surface area contributed by atoms with Crippen molar-refractivity contribution in [2.75, 3.05) is 0 Å². The van der Waals surface area contributed by atoms with Gasteiger partial charge in [-0.1, -0.05) is 23.4 Å². The van der Waals surface area contributed by atoms with Crippen LogP contribution in [0.2, 0.25) is 0 Å². The zero-order valence-corrected chi connectivity index (χ0v) is 10.8. The average Bonchev–Trinajstić information content (AvgIpc) is 2.87. The Hall–Kier alpha value is -1.88. The predicted molar refractivity (Wildman–Crippen MR) is 69.3 cm³/mol. The van der Waals surface area contributed by atoms with E-state index in [1.165, 1.54) is 0 Å². The largest absolute Gasteiger partial charge is 0.355 e. The van der Waals surface area contributed by atoms with Crippen LogP contribution in [-0.4, -0.2) is 23.4 Å². The number of hydrogen-bond acceptors (Lipinski definition) is 4. The van der Waals surface area contributed by atoms with Crippen molar-refractivity contribution in [3.8, 4) is 0 Å². The molecule has 1 aliphatic carbocycles. The van der Waals surface area contributed by atoms with Crippen LogP contribution in [0.3, 0.4) is 0 Å². The van der Waals surface area contributed by atoms with Crippen LogP contribution in [0.1, 0.15) is 42.4 Å². The molecule has 2 aliphatic rings. The van der Waals surface area contributed by atoms with E-state index in [1.807, 2.05) is 13.0 Å². The van der Waals surface area contributed by atoms with Crippen molar-refractivity contribution >= 4 is 11.5 Å². The number of carbonyl (C=O) groups is 1. The fraction of sp³-hybridized carbons (Fsp3) is 0.429. The van der Waals surface area contributed by atoms with Crippen molar-refractivity contribution in [1.29, 1.82) is 0 Å². The molecule has 19 heavy (non-hydrogen) atoms. The second-order valence-corrected chi connectivity index (χ2v) is 4.86. The molecule has 2 heterocycles. The van der Waals surface area contributed by atoms with Gasteiger partial charge in [-0.15, -0.1) is 0 Å². The minimum atomic E-state index is -0.281. The van der Waals surface area contributed by atoms with Gasteiger partial charge in [0, 0.05) is 12.5 Å². The Morgan fingerprint density at radius 2 is 2.32 bits per heavy atom. The first-order chi connectivity index (χ1) is 9.22. The minimum Gasteiger partial charge on any atom is -0.355 e. The van der Waals surface area contributed by atoms with Gasteiger partial charge in [0.25, 0.3) is 5.91 Å². The monoisotopic (exact) mass is 260 g/mol. The molecule has 1 aromatic rings. The van der Waals surface area contributed by atoms with Crippen molar-refractivity contribution in [2.24, 2.45) is 0 Å². The van der Waals surface area contributed by atoms with E-state index in [9.17, 15) is 4.79 Å². The molecule has 0 unspecified atom stereocenters. The fourth-order valence-corrected chi connectivity index (χ4v) is 2.20. The fourth-order valence-electron chi connectivity index (χ4n) is 2.20. The summed E-state index contributed by atoms with van der Waals surface area (Å²) >= 11 is 0. The minimum absolute atomic E-state index is 0.204. The van der Waals surface area contributed by atoms with Crippen LogP contribution in [0.15, 0.2) is 28.8 Å². The van der Waals surface area contributed by atoms with Gasteiger partial charge in [-0.3, -0.25) is 4.79 Å². The summed E-state index contributed by atoms with van der Waals surface area (Å²) in [5, 5.41) is 6.68. The lowest BCUT2D eigenvalue weighted by Crippen LogP contribution is -2.48. The van der Waals surface area contributed by atoms with E-state index < -0.39 is 0 Å². The van der Waals surface area contributed by atoms with Gasteiger partial charge in [0.1, 0.15) is 11.9 Å². The highest BCUT2D eigenvalue weighted by Crippen LogP contribution is 2.22. The Morgan fingerprint density at radius 3 is 3.00 bits per heavy atom. The smallest absolute Gasteiger partial charge is 0.291 e. The Bertz CT molecular complexity index is 539.